The summed E-state index contributed by atoms with van der Waals surface area (Å²) in [7, 11) is 1.85. The summed E-state index contributed by atoms with van der Waals surface area (Å²) in [6.07, 6.45) is 3.36. The van der Waals surface area contributed by atoms with Crippen molar-refractivity contribution in [2.45, 2.75) is 26.8 Å². The van der Waals surface area contributed by atoms with Crippen LogP contribution >= 0.6 is 11.3 Å². The average molecular weight is 432 g/mol. The molecule has 5 heterocycles. The van der Waals surface area contributed by atoms with Crippen LogP contribution in [0.25, 0.3) is 32.6 Å². The minimum Gasteiger partial charge on any atom is -0.321 e. The van der Waals surface area contributed by atoms with E-state index in [0.717, 1.165) is 32.7 Å². The van der Waals surface area contributed by atoms with Crippen LogP contribution in [0.3, 0.4) is 0 Å². The van der Waals surface area contributed by atoms with Crippen LogP contribution in [0.5, 0.6) is 0 Å². The third-order valence-electron chi connectivity index (χ3n) is 5.19. The van der Waals surface area contributed by atoms with Crippen molar-refractivity contribution in [3.63, 3.8) is 0 Å². The Bertz CT molecular complexity index is 1430. The van der Waals surface area contributed by atoms with Gasteiger partial charge in [0.1, 0.15) is 0 Å². The predicted molar refractivity (Wildman–Crippen MR) is 122 cm³/mol. The maximum absolute atomic E-state index is 13.3. The predicted octanol–water partition coefficient (Wildman–Crippen LogP) is 4.58. The Labute approximate surface area is 182 Å². The maximum Gasteiger partial charge on any atom is 0.256 e. The molecule has 8 nitrogen and oxygen atoms in total. The number of carbonyl (C=O) groups is 1. The first kappa shape index (κ1) is 19.4. The molecule has 5 aromatic heterocycles. The van der Waals surface area contributed by atoms with Crippen molar-refractivity contribution >= 4 is 45.0 Å². The monoisotopic (exact) mass is 431 g/mol. The normalized spacial score (nSPS) is 11.6. The van der Waals surface area contributed by atoms with Crippen LogP contribution in [-0.2, 0) is 7.05 Å². The number of rotatable bonds is 4. The number of aromatic nitrogens is 6. The summed E-state index contributed by atoms with van der Waals surface area (Å²) in [6, 6.07) is 7.83. The van der Waals surface area contributed by atoms with Crippen molar-refractivity contribution in [3.8, 4) is 10.6 Å². The lowest BCUT2D eigenvalue weighted by Gasteiger charge is -2.10. The van der Waals surface area contributed by atoms with Crippen LogP contribution in [0.15, 0.2) is 42.0 Å². The molecule has 0 atom stereocenters. The van der Waals surface area contributed by atoms with Crippen LogP contribution in [0.4, 0.5) is 5.69 Å². The fourth-order valence-corrected chi connectivity index (χ4v) is 4.40. The lowest BCUT2D eigenvalue weighted by Crippen LogP contribution is -2.13. The number of nitrogens with one attached hydrogen (secondary N) is 1. The molecule has 0 radical (unpaired) electrons. The Kier molecular flexibility index (Phi) is 4.55. The molecular weight excluding hydrogens is 410 g/mol. The van der Waals surface area contributed by atoms with Gasteiger partial charge in [0.05, 0.1) is 45.3 Å². The van der Waals surface area contributed by atoms with E-state index in [1.807, 2.05) is 62.1 Å². The number of carbonyl (C=O) groups excluding carboxylic acids is 1. The molecule has 0 unspecified atom stereocenters. The molecule has 0 fully saturated rings. The van der Waals surface area contributed by atoms with Crippen molar-refractivity contribution in [2.75, 3.05) is 5.32 Å². The van der Waals surface area contributed by atoms with Crippen molar-refractivity contribution in [1.29, 1.82) is 0 Å². The molecule has 31 heavy (non-hydrogen) atoms. The topological polar surface area (TPSA) is 90.5 Å². The number of fused-ring (bicyclic) bond motifs is 2. The minimum atomic E-state index is -0.226. The first-order chi connectivity index (χ1) is 14.9. The number of anilines is 1. The second kappa shape index (κ2) is 7.28. The van der Waals surface area contributed by atoms with E-state index in [4.69, 9.17) is 4.98 Å². The van der Waals surface area contributed by atoms with E-state index in [2.05, 4.69) is 20.5 Å². The summed E-state index contributed by atoms with van der Waals surface area (Å²) < 4.78 is 3.58. The highest BCUT2D eigenvalue weighted by atomic mass is 32.1. The standard InChI is InChI=1S/C22H21N7OS/c1-12(2)29-21-17(11-24-29)16(9-18(26-21)19-6-5-7-31-19)22(30)25-14-8-15-13(3)27-28(4)20(15)23-10-14/h5-12H,1-4H3,(H,25,30). The number of aryl methyl sites for hydroxylation is 2. The zero-order valence-corrected chi connectivity index (χ0v) is 18.4. The number of hydrogen-bond donors (Lipinski definition) is 1. The molecule has 0 aromatic carbocycles. The van der Waals surface area contributed by atoms with Gasteiger partial charge in [-0.25, -0.2) is 14.6 Å². The highest BCUT2D eigenvalue weighted by Gasteiger charge is 2.19. The lowest BCUT2D eigenvalue weighted by molar-refractivity contribution is 0.102. The fourth-order valence-electron chi connectivity index (χ4n) is 3.71. The number of hydrogen-bond acceptors (Lipinski definition) is 6. The molecule has 0 saturated carbocycles. The molecule has 1 N–H and O–H groups in total. The molecule has 0 aliphatic heterocycles. The summed E-state index contributed by atoms with van der Waals surface area (Å²) in [6.45, 7) is 6.02. The molecule has 1 amide bonds. The summed E-state index contributed by atoms with van der Waals surface area (Å²) in [5.41, 5.74) is 4.25. The third kappa shape index (κ3) is 3.27. The van der Waals surface area contributed by atoms with Crippen LogP contribution in [-0.4, -0.2) is 35.4 Å². The molecule has 0 aliphatic carbocycles. The Hall–Kier alpha value is -3.59. The SMILES string of the molecule is Cc1nn(C)c2ncc(NC(=O)c3cc(-c4cccs4)nc4c3cnn4C(C)C)cc12. The summed E-state index contributed by atoms with van der Waals surface area (Å²) in [5, 5.41) is 15.5. The first-order valence-electron chi connectivity index (χ1n) is 9.95. The molecule has 156 valence electrons. The number of nitrogens with zero attached hydrogens (tertiary/aromatic N) is 6. The van der Waals surface area contributed by atoms with Crippen molar-refractivity contribution in [1.82, 2.24) is 29.5 Å². The number of thiophene rings is 1. The van der Waals surface area contributed by atoms with Crippen LogP contribution in [0, 0.1) is 6.92 Å². The molecule has 5 rings (SSSR count). The van der Waals surface area contributed by atoms with Crippen LogP contribution < -0.4 is 5.32 Å². The Morgan fingerprint density at radius 2 is 2.00 bits per heavy atom. The van der Waals surface area contributed by atoms with E-state index < -0.39 is 0 Å². The molecular formula is C22H21N7OS. The van der Waals surface area contributed by atoms with Crippen molar-refractivity contribution < 1.29 is 4.79 Å². The van der Waals surface area contributed by atoms with Crippen molar-refractivity contribution in [3.05, 3.63) is 53.3 Å². The van der Waals surface area contributed by atoms with Gasteiger partial charge in [0.25, 0.3) is 5.91 Å². The highest BCUT2D eigenvalue weighted by Crippen LogP contribution is 2.29. The van der Waals surface area contributed by atoms with Gasteiger partial charge in [-0.2, -0.15) is 10.2 Å². The van der Waals surface area contributed by atoms with Gasteiger partial charge in [-0.3, -0.25) is 9.48 Å². The lowest BCUT2D eigenvalue weighted by atomic mass is 10.1. The zero-order chi connectivity index (χ0) is 21.7. The van der Waals surface area contributed by atoms with E-state index in [1.165, 1.54) is 0 Å². The quantitative estimate of drug-likeness (QED) is 0.450. The van der Waals surface area contributed by atoms with Gasteiger partial charge in [0.2, 0.25) is 0 Å². The number of pyridine rings is 2. The average Bonchev–Trinajstić information content (AvgIpc) is 3.47. The van der Waals surface area contributed by atoms with E-state index in [0.29, 0.717) is 16.9 Å². The van der Waals surface area contributed by atoms with Gasteiger partial charge in [0, 0.05) is 18.5 Å². The zero-order valence-electron chi connectivity index (χ0n) is 17.6. The summed E-state index contributed by atoms with van der Waals surface area (Å²) >= 11 is 1.59. The van der Waals surface area contributed by atoms with Crippen LogP contribution in [0.1, 0.15) is 35.9 Å². The minimum absolute atomic E-state index is 0.125. The molecule has 0 spiro atoms. The van der Waals surface area contributed by atoms with E-state index in [-0.39, 0.29) is 11.9 Å². The van der Waals surface area contributed by atoms with Gasteiger partial charge >= 0.3 is 0 Å². The second-order valence-electron chi connectivity index (χ2n) is 7.71. The third-order valence-corrected chi connectivity index (χ3v) is 6.09. The van der Waals surface area contributed by atoms with Gasteiger partial charge < -0.3 is 5.32 Å². The molecule has 5 aromatic rings. The van der Waals surface area contributed by atoms with Gasteiger partial charge in [-0.15, -0.1) is 11.3 Å². The molecule has 0 aliphatic rings. The van der Waals surface area contributed by atoms with Crippen molar-refractivity contribution in [2.24, 2.45) is 7.05 Å². The Morgan fingerprint density at radius 1 is 1.16 bits per heavy atom. The highest BCUT2D eigenvalue weighted by molar-refractivity contribution is 7.13. The number of amides is 1. The molecule has 0 saturated heterocycles. The van der Waals surface area contributed by atoms with Crippen LogP contribution in [0.2, 0.25) is 0 Å². The molecule has 0 bridgehead atoms. The first-order valence-corrected chi connectivity index (χ1v) is 10.8. The van der Waals surface area contributed by atoms with Gasteiger partial charge in [-0.05, 0) is 44.4 Å². The largest absolute Gasteiger partial charge is 0.321 e. The van der Waals surface area contributed by atoms with Gasteiger partial charge in [-0.1, -0.05) is 6.07 Å². The second-order valence-corrected chi connectivity index (χ2v) is 8.66. The van der Waals surface area contributed by atoms with E-state index in [1.54, 1.807) is 28.4 Å². The maximum atomic E-state index is 13.3. The van der Waals surface area contributed by atoms with Gasteiger partial charge in [0.15, 0.2) is 11.3 Å². The smallest absolute Gasteiger partial charge is 0.256 e. The Balaban J connectivity index is 1.60. The molecule has 9 heteroatoms. The fraction of sp³-hybridized carbons (Fsp3) is 0.227. The van der Waals surface area contributed by atoms with E-state index in [9.17, 15) is 4.79 Å². The van der Waals surface area contributed by atoms with E-state index >= 15 is 0 Å². The summed E-state index contributed by atoms with van der Waals surface area (Å²) in [5.74, 6) is -0.226. The summed E-state index contributed by atoms with van der Waals surface area (Å²) in [4.78, 5) is 23.6. The Morgan fingerprint density at radius 3 is 2.74 bits per heavy atom.